The highest BCUT2D eigenvalue weighted by Crippen LogP contribution is 2.30. The second kappa shape index (κ2) is 18.4. The van der Waals surface area contributed by atoms with Crippen molar-refractivity contribution in [3.05, 3.63) is 156 Å². The van der Waals surface area contributed by atoms with Crippen LogP contribution in [0.25, 0.3) is 0 Å². The Morgan fingerprint density at radius 1 is 0.418 bits per heavy atom. The highest BCUT2D eigenvalue weighted by molar-refractivity contribution is 5.90. The maximum Gasteiger partial charge on any atom is 0.338 e. The molecule has 0 aliphatic carbocycles. The Kier molecular flexibility index (Phi) is 12.5. The summed E-state index contributed by atoms with van der Waals surface area (Å²) in [4.78, 5) is 23.7. The van der Waals surface area contributed by atoms with Gasteiger partial charge in [-0.25, -0.2) is 9.59 Å². The Hall–Kier alpha value is -7.34. The molecule has 0 bridgehead atoms. The van der Waals surface area contributed by atoms with Crippen LogP contribution in [0.3, 0.4) is 0 Å². The number of rotatable bonds is 14. The standard InChI is InChI=1S/C43H36N6O6/c1-4-52-42(50)30-6-19-37(20-7-30)54-39-23-14-34(15-24-39)45-44-32-10-12-33(13-11-32)47-49-41-27-18-36(28-29(41)3)48-46-35-16-25-40(26-17-35)55-38-21-8-31(9-22-38)43(51)53-5-2/h6-28H,4-5H2,1-3H3/b45-44+,48-46+,49-47+. The summed E-state index contributed by atoms with van der Waals surface area (Å²) in [6.45, 7) is 6.12. The van der Waals surface area contributed by atoms with Gasteiger partial charge < -0.3 is 18.9 Å². The number of benzene rings is 6. The van der Waals surface area contributed by atoms with Crippen LogP contribution in [0, 0.1) is 6.92 Å². The lowest BCUT2D eigenvalue weighted by molar-refractivity contribution is 0.0516. The minimum absolute atomic E-state index is 0.323. The fourth-order valence-electron chi connectivity index (χ4n) is 4.92. The maximum absolute atomic E-state index is 11.8. The maximum atomic E-state index is 11.8. The van der Waals surface area contributed by atoms with Gasteiger partial charge in [0, 0.05) is 0 Å². The predicted molar refractivity (Wildman–Crippen MR) is 208 cm³/mol. The number of hydrogen-bond acceptors (Lipinski definition) is 12. The Bertz CT molecular complexity index is 2310. The van der Waals surface area contributed by atoms with E-state index in [1.807, 2.05) is 49.4 Å². The van der Waals surface area contributed by atoms with E-state index in [1.165, 1.54) is 0 Å². The molecule has 0 saturated carbocycles. The summed E-state index contributed by atoms with van der Waals surface area (Å²) in [5.41, 5.74) is 5.87. The predicted octanol–water partition coefficient (Wildman–Crippen LogP) is 13.2. The van der Waals surface area contributed by atoms with Crippen LogP contribution in [0.15, 0.2) is 170 Å². The monoisotopic (exact) mass is 732 g/mol. The molecule has 0 aliphatic heterocycles. The molecule has 0 spiro atoms. The highest BCUT2D eigenvalue weighted by Gasteiger charge is 2.08. The van der Waals surface area contributed by atoms with Gasteiger partial charge in [-0.2, -0.15) is 30.7 Å². The van der Waals surface area contributed by atoms with E-state index in [0.717, 1.165) is 5.56 Å². The molecule has 6 aromatic carbocycles. The van der Waals surface area contributed by atoms with Gasteiger partial charge in [0.2, 0.25) is 0 Å². The van der Waals surface area contributed by atoms with E-state index in [9.17, 15) is 9.59 Å². The fourth-order valence-corrected chi connectivity index (χ4v) is 4.92. The first-order valence-corrected chi connectivity index (χ1v) is 17.4. The molecule has 0 saturated heterocycles. The SMILES string of the molecule is CCOC(=O)c1ccc(Oc2ccc(/N=N/c3ccc(/N=N/c4ccc(/N=N/c5ccc(Oc6ccc(C(=O)OCC)cc6)cc5)cc4C)cc3)cc2)cc1. The summed E-state index contributed by atoms with van der Waals surface area (Å²) in [6.07, 6.45) is 0. The molecular weight excluding hydrogens is 697 g/mol. The third kappa shape index (κ3) is 10.8. The van der Waals surface area contributed by atoms with Crippen molar-refractivity contribution in [2.75, 3.05) is 13.2 Å². The smallest absolute Gasteiger partial charge is 0.338 e. The van der Waals surface area contributed by atoms with E-state index in [-0.39, 0.29) is 11.9 Å². The summed E-state index contributed by atoms with van der Waals surface area (Å²) in [7, 11) is 0. The van der Waals surface area contributed by atoms with Crippen LogP contribution in [-0.2, 0) is 9.47 Å². The minimum Gasteiger partial charge on any atom is -0.462 e. The van der Waals surface area contributed by atoms with E-state index in [4.69, 9.17) is 18.9 Å². The van der Waals surface area contributed by atoms with Crippen molar-refractivity contribution < 1.29 is 28.5 Å². The van der Waals surface area contributed by atoms with Crippen LogP contribution in [0.4, 0.5) is 34.1 Å². The summed E-state index contributed by atoms with van der Waals surface area (Å²) in [5, 5.41) is 26.1. The van der Waals surface area contributed by atoms with Crippen LogP contribution in [0.2, 0.25) is 0 Å². The summed E-state index contributed by atoms with van der Waals surface area (Å²) < 4.78 is 21.8. The lowest BCUT2D eigenvalue weighted by atomic mass is 10.2. The topological polar surface area (TPSA) is 145 Å². The molecule has 12 nitrogen and oxygen atoms in total. The van der Waals surface area contributed by atoms with Gasteiger partial charge in [-0.05, 0) is 166 Å². The van der Waals surface area contributed by atoms with Crippen molar-refractivity contribution in [2.45, 2.75) is 20.8 Å². The molecule has 12 heteroatoms. The minimum atomic E-state index is -0.367. The molecule has 274 valence electrons. The molecule has 0 radical (unpaired) electrons. The first-order chi connectivity index (χ1) is 26.8. The van der Waals surface area contributed by atoms with E-state index in [2.05, 4.69) is 30.7 Å². The van der Waals surface area contributed by atoms with E-state index in [1.54, 1.807) is 111 Å². The molecule has 6 rings (SSSR count). The average molecular weight is 733 g/mol. The fraction of sp³-hybridized carbons (Fsp3) is 0.116. The Morgan fingerprint density at radius 2 is 0.727 bits per heavy atom. The average Bonchev–Trinajstić information content (AvgIpc) is 3.21. The van der Waals surface area contributed by atoms with E-state index >= 15 is 0 Å². The summed E-state index contributed by atoms with van der Waals surface area (Å²) >= 11 is 0. The first kappa shape index (κ1) is 37.4. The lowest BCUT2D eigenvalue weighted by Gasteiger charge is -2.07. The number of aryl methyl sites for hydroxylation is 1. The Labute approximate surface area is 317 Å². The molecule has 0 fully saturated rings. The van der Waals surface area contributed by atoms with Gasteiger partial charge in [0.1, 0.15) is 23.0 Å². The number of esters is 2. The summed E-state index contributed by atoms with van der Waals surface area (Å²) in [5.74, 6) is 1.71. The number of ether oxygens (including phenoxy) is 4. The highest BCUT2D eigenvalue weighted by atomic mass is 16.5. The number of hydrogen-bond donors (Lipinski definition) is 0. The first-order valence-electron chi connectivity index (χ1n) is 17.4. The van der Waals surface area contributed by atoms with Crippen LogP contribution < -0.4 is 9.47 Å². The van der Waals surface area contributed by atoms with Crippen molar-refractivity contribution >= 4 is 46.1 Å². The van der Waals surface area contributed by atoms with Crippen LogP contribution in [0.1, 0.15) is 40.1 Å². The van der Waals surface area contributed by atoms with Crippen LogP contribution in [0.5, 0.6) is 23.0 Å². The zero-order valence-electron chi connectivity index (χ0n) is 30.3. The molecule has 0 unspecified atom stereocenters. The molecule has 55 heavy (non-hydrogen) atoms. The van der Waals surface area contributed by atoms with Crippen molar-refractivity contribution in [1.29, 1.82) is 0 Å². The third-order valence-electron chi connectivity index (χ3n) is 7.74. The molecule has 0 heterocycles. The van der Waals surface area contributed by atoms with Gasteiger partial charge in [0.15, 0.2) is 0 Å². The Balaban J connectivity index is 0.977. The Morgan fingerprint density at radius 3 is 1.09 bits per heavy atom. The second-order valence-electron chi connectivity index (χ2n) is 11.8. The van der Waals surface area contributed by atoms with Gasteiger partial charge in [-0.3, -0.25) is 0 Å². The van der Waals surface area contributed by atoms with Crippen molar-refractivity contribution in [3.8, 4) is 23.0 Å². The summed E-state index contributed by atoms with van der Waals surface area (Å²) in [6, 6.07) is 40.8. The van der Waals surface area contributed by atoms with Crippen molar-refractivity contribution in [3.63, 3.8) is 0 Å². The van der Waals surface area contributed by atoms with Gasteiger partial charge in [0.25, 0.3) is 0 Å². The van der Waals surface area contributed by atoms with Gasteiger partial charge in [-0.15, -0.1) is 0 Å². The van der Waals surface area contributed by atoms with Crippen LogP contribution in [-0.4, -0.2) is 25.2 Å². The van der Waals surface area contributed by atoms with E-state index in [0.29, 0.717) is 81.5 Å². The molecule has 0 aromatic heterocycles. The largest absolute Gasteiger partial charge is 0.462 e. The second-order valence-corrected chi connectivity index (χ2v) is 11.8. The quantitative estimate of drug-likeness (QED) is 0.0804. The lowest BCUT2D eigenvalue weighted by Crippen LogP contribution is -2.03. The van der Waals surface area contributed by atoms with Crippen molar-refractivity contribution in [1.82, 2.24) is 0 Å². The van der Waals surface area contributed by atoms with Crippen LogP contribution >= 0.6 is 0 Å². The number of carbonyl (C=O) groups is 2. The van der Waals surface area contributed by atoms with E-state index < -0.39 is 0 Å². The van der Waals surface area contributed by atoms with Gasteiger partial charge >= 0.3 is 11.9 Å². The number of carbonyl (C=O) groups excluding carboxylic acids is 2. The molecule has 0 aliphatic rings. The molecule has 0 amide bonds. The third-order valence-corrected chi connectivity index (χ3v) is 7.74. The molecular formula is C43H36N6O6. The normalized spacial score (nSPS) is 11.3. The van der Waals surface area contributed by atoms with Crippen molar-refractivity contribution in [2.24, 2.45) is 30.7 Å². The molecule has 0 atom stereocenters. The molecule has 0 N–H and O–H groups in total. The van der Waals surface area contributed by atoms with Gasteiger partial charge in [-0.1, -0.05) is 0 Å². The zero-order valence-corrected chi connectivity index (χ0v) is 30.3. The number of azo groups is 3. The molecule has 6 aromatic rings. The number of nitrogens with zero attached hydrogens (tertiary/aromatic N) is 6. The van der Waals surface area contributed by atoms with Gasteiger partial charge in [0.05, 0.1) is 58.5 Å². The zero-order chi connectivity index (χ0) is 38.4.